The Hall–Kier alpha value is -3.03. The largest absolute Gasteiger partial charge is 0.435 e. The number of nitrogens with zero attached hydrogens (tertiary/aromatic N) is 5. The highest BCUT2D eigenvalue weighted by molar-refractivity contribution is 5.76. The van der Waals surface area contributed by atoms with Crippen molar-refractivity contribution in [3.63, 3.8) is 0 Å². The van der Waals surface area contributed by atoms with Gasteiger partial charge in [-0.3, -0.25) is 0 Å². The number of aryl methyl sites for hydroxylation is 4. The number of hydrogen-bond acceptors (Lipinski definition) is 4. The summed E-state index contributed by atoms with van der Waals surface area (Å²) in [5, 5.41) is 9.27. The molecule has 4 rings (SSSR count). The molecule has 0 amide bonds. The molecule has 0 atom stereocenters. The summed E-state index contributed by atoms with van der Waals surface area (Å²) in [6.45, 7) is 6.85. The van der Waals surface area contributed by atoms with Gasteiger partial charge in [0.25, 0.3) is 0 Å². The van der Waals surface area contributed by atoms with Crippen LogP contribution in [0, 0.1) is 27.7 Å². The molecule has 0 saturated heterocycles. The van der Waals surface area contributed by atoms with E-state index in [9.17, 15) is 8.78 Å². The summed E-state index contributed by atoms with van der Waals surface area (Å²) < 4.78 is 33.3. The van der Waals surface area contributed by atoms with E-state index in [1.165, 1.54) is 0 Å². The number of alkyl halides is 2. The lowest BCUT2D eigenvalue weighted by Crippen LogP contribution is -2.05. The van der Waals surface area contributed by atoms with Gasteiger partial charge in [0.05, 0.1) is 17.1 Å². The zero-order valence-corrected chi connectivity index (χ0v) is 16.4. The average Bonchev–Trinajstić information content (AvgIpc) is 3.18. The molecule has 28 heavy (non-hydrogen) atoms. The molecule has 0 aliphatic carbocycles. The zero-order chi connectivity index (χ0) is 20.2. The number of halogens is 2. The van der Waals surface area contributed by atoms with Crippen molar-refractivity contribution in [3.8, 4) is 11.4 Å². The summed E-state index contributed by atoms with van der Waals surface area (Å²) >= 11 is 0. The Morgan fingerprint density at radius 1 is 1.04 bits per heavy atom. The minimum atomic E-state index is -2.84. The van der Waals surface area contributed by atoms with Crippen LogP contribution >= 0.6 is 0 Å². The zero-order valence-electron chi connectivity index (χ0n) is 16.4. The summed E-state index contributed by atoms with van der Waals surface area (Å²) in [6, 6.07) is 5.00. The summed E-state index contributed by atoms with van der Waals surface area (Å²) in [5.41, 5.74) is 6.78. The molecule has 146 valence electrons. The van der Waals surface area contributed by atoms with Gasteiger partial charge in [-0.15, -0.1) is 0 Å². The molecular weight excluding hydrogens is 364 g/mol. The summed E-state index contributed by atoms with van der Waals surface area (Å²) in [4.78, 5) is 4.40. The van der Waals surface area contributed by atoms with Gasteiger partial charge >= 0.3 is 6.61 Å². The third-order valence-corrected chi connectivity index (χ3v) is 4.94. The van der Waals surface area contributed by atoms with Crippen LogP contribution in [-0.4, -0.2) is 31.2 Å². The fourth-order valence-electron chi connectivity index (χ4n) is 3.86. The van der Waals surface area contributed by atoms with E-state index >= 15 is 0 Å². The molecule has 3 heterocycles. The van der Waals surface area contributed by atoms with Crippen molar-refractivity contribution < 1.29 is 13.5 Å². The second kappa shape index (κ2) is 6.54. The van der Waals surface area contributed by atoms with Gasteiger partial charge in [-0.2, -0.15) is 19.0 Å². The molecule has 0 radical (unpaired) electrons. The van der Waals surface area contributed by atoms with Crippen LogP contribution < -0.4 is 4.74 Å². The molecular formula is C20H21F2N5O. The van der Waals surface area contributed by atoms with Crippen LogP contribution in [0.15, 0.2) is 23.8 Å². The number of fused-ring (bicyclic) bond motifs is 1. The third-order valence-electron chi connectivity index (χ3n) is 4.94. The van der Waals surface area contributed by atoms with E-state index in [2.05, 4.69) is 21.7 Å². The van der Waals surface area contributed by atoms with E-state index < -0.39 is 6.61 Å². The molecule has 0 spiro atoms. The highest BCUT2D eigenvalue weighted by Crippen LogP contribution is 2.37. The molecule has 0 fully saturated rings. The van der Waals surface area contributed by atoms with Crippen molar-refractivity contribution in [3.05, 3.63) is 57.9 Å². The first-order valence-corrected chi connectivity index (χ1v) is 9.01. The molecule has 1 aromatic carbocycles. The van der Waals surface area contributed by atoms with E-state index in [-0.39, 0.29) is 5.75 Å². The van der Waals surface area contributed by atoms with E-state index in [0.717, 1.165) is 51.7 Å². The van der Waals surface area contributed by atoms with Gasteiger partial charge in [0.1, 0.15) is 23.1 Å². The van der Waals surface area contributed by atoms with Crippen LogP contribution in [0.2, 0.25) is 0 Å². The SMILES string of the molecule is CC1=C(c2ccc(OC(F)F)cc2C)n2nc(C)c(-n3nc(C)nc3C)c2C1. The first-order valence-electron chi connectivity index (χ1n) is 9.01. The van der Waals surface area contributed by atoms with Crippen molar-refractivity contribution in [1.29, 1.82) is 0 Å². The highest BCUT2D eigenvalue weighted by atomic mass is 19.3. The number of rotatable bonds is 4. The fourth-order valence-corrected chi connectivity index (χ4v) is 3.86. The second-order valence-corrected chi connectivity index (χ2v) is 7.07. The van der Waals surface area contributed by atoms with Crippen LogP contribution in [0.3, 0.4) is 0 Å². The normalized spacial score (nSPS) is 13.6. The number of allylic oxidation sites excluding steroid dienone is 1. The predicted octanol–water partition coefficient (Wildman–Crippen LogP) is 4.13. The molecule has 0 saturated carbocycles. The Bertz CT molecular complexity index is 1110. The van der Waals surface area contributed by atoms with Crippen molar-refractivity contribution >= 4 is 5.70 Å². The lowest BCUT2D eigenvalue weighted by atomic mass is 10.0. The summed E-state index contributed by atoms with van der Waals surface area (Å²) in [7, 11) is 0. The molecule has 2 aromatic heterocycles. The summed E-state index contributed by atoms with van der Waals surface area (Å²) in [6.07, 6.45) is 0.735. The lowest BCUT2D eigenvalue weighted by molar-refractivity contribution is -0.0498. The molecule has 0 bridgehead atoms. The Balaban J connectivity index is 1.80. The van der Waals surface area contributed by atoms with Crippen LogP contribution in [0.1, 0.15) is 41.1 Å². The van der Waals surface area contributed by atoms with Crippen LogP contribution in [-0.2, 0) is 6.42 Å². The monoisotopic (exact) mass is 385 g/mol. The Labute approximate surface area is 161 Å². The van der Waals surface area contributed by atoms with E-state index in [4.69, 9.17) is 5.10 Å². The highest BCUT2D eigenvalue weighted by Gasteiger charge is 2.29. The lowest BCUT2D eigenvalue weighted by Gasteiger charge is -2.12. The maximum absolute atomic E-state index is 12.5. The van der Waals surface area contributed by atoms with Gasteiger partial charge in [-0.25, -0.2) is 14.3 Å². The van der Waals surface area contributed by atoms with Gasteiger partial charge in [0.2, 0.25) is 0 Å². The molecule has 6 nitrogen and oxygen atoms in total. The third kappa shape index (κ3) is 2.89. The Morgan fingerprint density at radius 2 is 1.79 bits per heavy atom. The van der Waals surface area contributed by atoms with Crippen LogP contribution in [0.25, 0.3) is 11.4 Å². The number of aromatic nitrogens is 5. The number of benzene rings is 1. The van der Waals surface area contributed by atoms with Gasteiger partial charge in [0, 0.05) is 12.0 Å². The maximum atomic E-state index is 12.5. The summed E-state index contributed by atoms with van der Waals surface area (Å²) in [5.74, 6) is 1.68. The molecule has 0 N–H and O–H groups in total. The smallest absolute Gasteiger partial charge is 0.387 e. The van der Waals surface area contributed by atoms with E-state index in [1.807, 2.05) is 43.1 Å². The fraction of sp³-hybridized carbons (Fsp3) is 0.350. The van der Waals surface area contributed by atoms with Crippen molar-refractivity contribution in [2.45, 2.75) is 47.7 Å². The minimum Gasteiger partial charge on any atom is -0.435 e. The van der Waals surface area contributed by atoms with Crippen molar-refractivity contribution in [2.24, 2.45) is 0 Å². The standard InChI is InChI=1S/C20H21F2N5O/c1-10-8-15(28-20(21)22)6-7-16(10)18-11(2)9-17-19(12(3)24-27(17)18)26-14(5)23-13(4)25-26/h6-8,20H,9H2,1-5H3. The van der Waals surface area contributed by atoms with Gasteiger partial charge in [-0.05, 0) is 64.0 Å². The first kappa shape index (κ1) is 18.3. The van der Waals surface area contributed by atoms with Gasteiger partial charge < -0.3 is 4.74 Å². The van der Waals surface area contributed by atoms with E-state index in [0.29, 0.717) is 5.82 Å². The van der Waals surface area contributed by atoms with Crippen LogP contribution in [0.4, 0.5) is 8.78 Å². The maximum Gasteiger partial charge on any atom is 0.387 e. The quantitative estimate of drug-likeness (QED) is 0.677. The van der Waals surface area contributed by atoms with Crippen LogP contribution in [0.5, 0.6) is 5.75 Å². The Morgan fingerprint density at radius 3 is 2.39 bits per heavy atom. The minimum absolute atomic E-state index is 0.152. The average molecular weight is 385 g/mol. The molecule has 3 aromatic rings. The first-order chi connectivity index (χ1) is 13.3. The second-order valence-electron chi connectivity index (χ2n) is 7.07. The van der Waals surface area contributed by atoms with E-state index in [1.54, 1.807) is 12.1 Å². The van der Waals surface area contributed by atoms with Gasteiger partial charge in [-0.1, -0.05) is 0 Å². The molecule has 0 unspecified atom stereocenters. The molecule has 1 aliphatic rings. The topological polar surface area (TPSA) is 57.8 Å². The van der Waals surface area contributed by atoms with Gasteiger partial charge in [0.15, 0.2) is 0 Å². The number of hydrogen-bond donors (Lipinski definition) is 0. The molecule has 1 aliphatic heterocycles. The Kier molecular flexibility index (Phi) is 4.28. The predicted molar refractivity (Wildman–Crippen MR) is 101 cm³/mol. The number of ether oxygens (including phenoxy) is 1. The van der Waals surface area contributed by atoms with Crippen molar-refractivity contribution in [1.82, 2.24) is 24.5 Å². The van der Waals surface area contributed by atoms with Crippen molar-refractivity contribution in [2.75, 3.05) is 0 Å². The molecule has 8 heteroatoms.